The number of benzene rings is 2. The Balaban J connectivity index is 1.83. The van der Waals surface area contributed by atoms with Crippen molar-refractivity contribution in [3.05, 3.63) is 77.6 Å². The van der Waals surface area contributed by atoms with Crippen LogP contribution < -0.4 is 10.1 Å². The van der Waals surface area contributed by atoms with E-state index in [0.29, 0.717) is 22.6 Å². The predicted octanol–water partition coefficient (Wildman–Crippen LogP) is 3.40. The second kappa shape index (κ2) is 6.83. The van der Waals surface area contributed by atoms with Gasteiger partial charge in [0.15, 0.2) is 0 Å². The summed E-state index contributed by atoms with van der Waals surface area (Å²) in [6, 6.07) is 14.0. The van der Waals surface area contributed by atoms with Crippen LogP contribution in [0.1, 0.15) is 15.9 Å². The van der Waals surface area contributed by atoms with Crippen LogP contribution in [0, 0.1) is 0 Å². The largest absolute Gasteiger partial charge is 0.465 e. The molecule has 0 saturated heterocycles. The molecule has 1 N–H and O–H groups in total. The van der Waals surface area contributed by atoms with Crippen LogP contribution in [0.25, 0.3) is 6.08 Å². The van der Waals surface area contributed by atoms with Gasteiger partial charge < -0.3 is 14.8 Å². The van der Waals surface area contributed by atoms with Crippen LogP contribution in [-0.2, 0) is 9.53 Å². The monoisotopic (exact) mass is 321 g/mol. The Bertz CT molecular complexity index is 852. The summed E-state index contributed by atoms with van der Waals surface area (Å²) < 4.78 is 10.1. The van der Waals surface area contributed by atoms with Gasteiger partial charge in [0.2, 0.25) is 0 Å². The summed E-state index contributed by atoms with van der Waals surface area (Å²) >= 11 is 0. The normalized spacial score (nSPS) is 12.3. The molecule has 1 heterocycles. The Kier molecular flexibility index (Phi) is 4.43. The van der Waals surface area contributed by atoms with Gasteiger partial charge >= 0.3 is 5.97 Å². The van der Waals surface area contributed by atoms with Gasteiger partial charge in [-0.3, -0.25) is 4.79 Å². The van der Waals surface area contributed by atoms with Gasteiger partial charge in [-0.15, -0.1) is 0 Å². The van der Waals surface area contributed by atoms with Crippen molar-refractivity contribution in [3.8, 4) is 5.75 Å². The zero-order valence-electron chi connectivity index (χ0n) is 13.0. The lowest BCUT2D eigenvalue weighted by Crippen LogP contribution is -2.13. The predicted molar refractivity (Wildman–Crippen MR) is 90.6 cm³/mol. The number of ether oxygens (including phenoxy) is 2. The molecule has 1 aliphatic rings. The Labute approximate surface area is 139 Å². The fourth-order valence-corrected chi connectivity index (χ4v) is 2.29. The molecule has 24 heavy (non-hydrogen) atoms. The zero-order chi connectivity index (χ0) is 16.9. The third-order valence-electron chi connectivity index (χ3n) is 3.48. The SMILES string of the molecule is COC(=O)c1cccc(NC(=O)C2=Cc3ccccc3OC=C2)c1. The summed E-state index contributed by atoms with van der Waals surface area (Å²) in [6.45, 7) is 0. The van der Waals surface area contributed by atoms with E-state index in [1.165, 1.54) is 13.4 Å². The van der Waals surface area contributed by atoms with Crippen molar-refractivity contribution in [2.45, 2.75) is 0 Å². The standard InChI is InChI=1S/C19H15NO4/c1-23-19(22)15-6-4-7-16(12-15)20-18(21)14-9-10-24-17-8-3-2-5-13(17)11-14/h2-12H,1H3,(H,20,21). The van der Waals surface area contributed by atoms with Gasteiger partial charge in [-0.05, 0) is 36.4 Å². The molecule has 0 fully saturated rings. The lowest BCUT2D eigenvalue weighted by molar-refractivity contribution is -0.112. The lowest BCUT2D eigenvalue weighted by atomic mass is 10.1. The topological polar surface area (TPSA) is 64.6 Å². The molecule has 5 nitrogen and oxygen atoms in total. The minimum Gasteiger partial charge on any atom is -0.465 e. The number of esters is 1. The molecule has 0 bridgehead atoms. The minimum absolute atomic E-state index is 0.298. The Morgan fingerprint density at radius 1 is 1.08 bits per heavy atom. The second-order valence-corrected chi connectivity index (χ2v) is 5.08. The van der Waals surface area contributed by atoms with E-state index in [1.54, 1.807) is 36.4 Å². The lowest BCUT2D eigenvalue weighted by Gasteiger charge is -2.07. The Morgan fingerprint density at radius 3 is 2.75 bits per heavy atom. The van der Waals surface area contributed by atoms with E-state index in [-0.39, 0.29) is 5.91 Å². The zero-order valence-corrected chi connectivity index (χ0v) is 13.0. The first-order valence-corrected chi connectivity index (χ1v) is 7.31. The molecule has 0 saturated carbocycles. The molecule has 2 aromatic rings. The molecule has 1 amide bonds. The third-order valence-corrected chi connectivity index (χ3v) is 3.48. The molecular formula is C19H15NO4. The summed E-state index contributed by atoms with van der Waals surface area (Å²) in [5, 5.41) is 2.77. The number of nitrogens with one attached hydrogen (secondary N) is 1. The summed E-state index contributed by atoms with van der Waals surface area (Å²) in [6.07, 6.45) is 4.82. The average molecular weight is 321 g/mol. The molecule has 1 aliphatic heterocycles. The number of methoxy groups -OCH3 is 1. The van der Waals surface area contributed by atoms with Gasteiger partial charge in [-0.2, -0.15) is 0 Å². The van der Waals surface area contributed by atoms with Gasteiger partial charge in [-0.1, -0.05) is 24.3 Å². The van der Waals surface area contributed by atoms with E-state index in [9.17, 15) is 9.59 Å². The number of amides is 1. The van der Waals surface area contributed by atoms with Crippen molar-refractivity contribution in [2.24, 2.45) is 0 Å². The van der Waals surface area contributed by atoms with Crippen molar-refractivity contribution < 1.29 is 19.1 Å². The third kappa shape index (κ3) is 3.35. The summed E-state index contributed by atoms with van der Waals surface area (Å²) in [7, 11) is 1.31. The highest BCUT2D eigenvalue weighted by molar-refractivity contribution is 6.09. The number of rotatable bonds is 3. The molecule has 0 spiro atoms. The molecule has 5 heteroatoms. The quantitative estimate of drug-likeness (QED) is 0.880. The maximum absolute atomic E-state index is 12.5. The highest BCUT2D eigenvalue weighted by atomic mass is 16.5. The Morgan fingerprint density at radius 2 is 1.92 bits per heavy atom. The highest BCUT2D eigenvalue weighted by Gasteiger charge is 2.13. The van der Waals surface area contributed by atoms with Gasteiger partial charge in [0.1, 0.15) is 5.75 Å². The van der Waals surface area contributed by atoms with E-state index in [0.717, 1.165) is 5.56 Å². The molecule has 0 aliphatic carbocycles. The van der Waals surface area contributed by atoms with Crippen molar-refractivity contribution in [2.75, 3.05) is 12.4 Å². The van der Waals surface area contributed by atoms with Crippen LogP contribution in [0.4, 0.5) is 5.69 Å². The second-order valence-electron chi connectivity index (χ2n) is 5.08. The summed E-state index contributed by atoms with van der Waals surface area (Å²) in [5.74, 6) is -0.0696. The Hall–Kier alpha value is -3.34. The fraction of sp³-hybridized carbons (Fsp3) is 0.0526. The van der Waals surface area contributed by atoms with Crippen LogP contribution in [0.5, 0.6) is 5.75 Å². The van der Waals surface area contributed by atoms with Crippen molar-refractivity contribution in [1.82, 2.24) is 0 Å². The van der Waals surface area contributed by atoms with E-state index in [4.69, 9.17) is 4.74 Å². The summed E-state index contributed by atoms with van der Waals surface area (Å²) in [5.41, 5.74) is 2.14. The van der Waals surface area contributed by atoms with Crippen LogP contribution >= 0.6 is 0 Å². The van der Waals surface area contributed by atoms with Crippen molar-refractivity contribution in [1.29, 1.82) is 0 Å². The number of para-hydroxylation sites is 1. The molecule has 2 aromatic carbocycles. The van der Waals surface area contributed by atoms with Gasteiger partial charge in [-0.25, -0.2) is 4.79 Å². The van der Waals surface area contributed by atoms with Gasteiger partial charge in [0.05, 0.1) is 18.9 Å². The van der Waals surface area contributed by atoms with Crippen LogP contribution in [0.3, 0.4) is 0 Å². The smallest absolute Gasteiger partial charge is 0.337 e. The van der Waals surface area contributed by atoms with Crippen LogP contribution in [0.15, 0.2) is 66.4 Å². The van der Waals surface area contributed by atoms with E-state index in [1.807, 2.05) is 24.3 Å². The van der Waals surface area contributed by atoms with Crippen molar-refractivity contribution in [3.63, 3.8) is 0 Å². The highest BCUT2D eigenvalue weighted by Crippen LogP contribution is 2.25. The molecule has 0 atom stereocenters. The number of fused-ring (bicyclic) bond motifs is 1. The first-order valence-electron chi connectivity index (χ1n) is 7.31. The average Bonchev–Trinajstić information content (AvgIpc) is 2.83. The van der Waals surface area contributed by atoms with Gasteiger partial charge in [0, 0.05) is 16.8 Å². The number of hydrogen-bond donors (Lipinski definition) is 1. The number of hydrogen-bond acceptors (Lipinski definition) is 4. The number of carbonyl (C=O) groups is 2. The molecule has 0 radical (unpaired) electrons. The van der Waals surface area contributed by atoms with E-state index < -0.39 is 5.97 Å². The van der Waals surface area contributed by atoms with E-state index in [2.05, 4.69) is 10.1 Å². The molecule has 0 unspecified atom stereocenters. The van der Waals surface area contributed by atoms with Crippen LogP contribution in [-0.4, -0.2) is 19.0 Å². The first-order chi connectivity index (χ1) is 11.7. The maximum Gasteiger partial charge on any atom is 0.337 e. The van der Waals surface area contributed by atoms with E-state index >= 15 is 0 Å². The molecule has 120 valence electrons. The number of carbonyl (C=O) groups excluding carboxylic acids is 2. The first kappa shape index (κ1) is 15.6. The summed E-state index contributed by atoms with van der Waals surface area (Å²) in [4.78, 5) is 24.0. The van der Waals surface area contributed by atoms with Crippen molar-refractivity contribution >= 4 is 23.6 Å². The van der Waals surface area contributed by atoms with Gasteiger partial charge in [0.25, 0.3) is 5.91 Å². The molecular weight excluding hydrogens is 306 g/mol. The molecule has 0 aromatic heterocycles. The fourth-order valence-electron chi connectivity index (χ4n) is 2.29. The number of anilines is 1. The molecule has 3 rings (SSSR count). The van der Waals surface area contributed by atoms with Crippen LogP contribution in [0.2, 0.25) is 0 Å². The maximum atomic E-state index is 12.5. The minimum atomic E-state index is -0.456.